The molecule has 1 aromatic carbocycles. The van der Waals surface area contributed by atoms with Gasteiger partial charge in [-0.3, -0.25) is 0 Å². The van der Waals surface area contributed by atoms with Crippen LogP contribution in [-0.2, 0) is 9.53 Å². The number of hydrogen-bond donors (Lipinski definition) is 1. The van der Waals surface area contributed by atoms with E-state index in [1.54, 1.807) is 0 Å². The fraction of sp³-hybridized carbons (Fsp3) is 0.364. The monoisotopic (exact) mass is 285 g/mol. The summed E-state index contributed by atoms with van der Waals surface area (Å²) in [4.78, 5) is 12.8. The zero-order chi connectivity index (χ0) is 11.5. The number of anilines is 1. The van der Waals surface area contributed by atoms with Crippen molar-refractivity contribution in [3.8, 4) is 0 Å². The maximum Gasteiger partial charge on any atom is 0.334 e. The molecule has 0 spiro atoms. The van der Waals surface area contributed by atoms with Gasteiger partial charge in [-0.05, 0) is 24.3 Å². The highest BCUT2D eigenvalue weighted by atomic mass is 79.9. The highest BCUT2D eigenvalue weighted by Crippen LogP contribution is 2.20. The third kappa shape index (κ3) is 2.54. The first-order chi connectivity index (χ1) is 7.66. The number of nitrogens with zero attached hydrogens (tertiary/aromatic N) is 1. The lowest BCUT2D eigenvalue weighted by molar-refractivity contribution is -0.150. The highest BCUT2D eigenvalue weighted by Gasteiger charge is 2.26. The SMILES string of the molecule is O=C(O)C1CN(c2ccc(Br)cc2)CCO1. The van der Waals surface area contributed by atoms with Crippen LogP contribution in [0.2, 0.25) is 0 Å². The van der Waals surface area contributed by atoms with Crippen LogP contribution in [0.15, 0.2) is 28.7 Å². The number of hydrogen-bond acceptors (Lipinski definition) is 3. The maximum absolute atomic E-state index is 10.8. The standard InChI is InChI=1S/C11H12BrNO3/c12-8-1-3-9(4-2-8)13-5-6-16-10(7-13)11(14)15/h1-4,10H,5-7H2,(H,14,15). The number of carboxylic acid groups (broad SMARTS) is 1. The Labute approximate surface area is 102 Å². The summed E-state index contributed by atoms with van der Waals surface area (Å²) in [5.41, 5.74) is 1.03. The van der Waals surface area contributed by atoms with E-state index in [0.29, 0.717) is 13.2 Å². The van der Waals surface area contributed by atoms with E-state index in [9.17, 15) is 4.79 Å². The smallest absolute Gasteiger partial charge is 0.334 e. The van der Waals surface area contributed by atoms with Crippen LogP contribution in [0.1, 0.15) is 0 Å². The summed E-state index contributed by atoms with van der Waals surface area (Å²) in [6, 6.07) is 7.82. The molecule has 86 valence electrons. The minimum absolute atomic E-state index is 0.400. The first-order valence-corrected chi connectivity index (χ1v) is 5.81. The fourth-order valence-electron chi connectivity index (χ4n) is 1.69. The lowest BCUT2D eigenvalue weighted by atomic mass is 10.2. The van der Waals surface area contributed by atoms with Crippen LogP contribution in [-0.4, -0.2) is 36.9 Å². The Balaban J connectivity index is 2.09. The molecule has 4 nitrogen and oxygen atoms in total. The first kappa shape index (κ1) is 11.4. The molecule has 5 heteroatoms. The normalized spacial score (nSPS) is 20.8. The van der Waals surface area contributed by atoms with Gasteiger partial charge in [0.1, 0.15) is 0 Å². The number of rotatable bonds is 2. The summed E-state index contributed by atoms with van der Waals surface area (Å²) in [5.74, 6) is -0.901. The average Bonchev–Trinajstić information content (AvgIpc) is 2.30. The third-order valence-electron chi connectivity index (χ3n) is 2.53. The van der Waals surface area contributed by atoms with Crippen molar-refractivity contribution in [3.63, 3.8) is 0 Å². The molecule has 0 bridgehead atoms. The minimum atomic E-state index is -0.901. The second-order valence-corrected chi connectivity index (χ2v) is 4.54. The Morgan fingerprint density at radius 3 is 2.75 bits per heavy atom. The maximum atomic E-state index is 10.8. The summed E-state index contributed by atoms with van der Waals surface area (Å²) < 4.78 is 6.18. The van der Waals surface area contributed by atoms with Crippen LogP contribution in [0.3, 0.4) is 0 Å². The molecule has 1 heterocycles. The Bertz CT molecular complexity index is 379. The molecule has 1 aliphatic heterocycles. The van der Waals surface area contributed by atoms with E-state index in [-0.39, 0.29) is 0 Å². The van der Waals surface area contributed by atoms with Gasteiger partial charge in [0, 0.05) is 16.7 Å². The molecule has 0 amide bonds. The van der Waals surface area contributed by atoms with Gasteiger partial charge in [0.05, 0.1) is 13.2 Å². The van der Waals surface area contributed by atoms with Gasteiger partial charge in [0.25, 0.3) is 0 Å². The lowest BCUT2D eigenvalue weighted by Gasteiger charge is -2.32. The third-order valence-corrected chi connectivity index (χ3v) is 3.06. The molecule has 0 aliphatic carbocycles. The van der Waals surface area contributed by atoms with Crippen LogP contribution in [0.25, 0.3) is 0 Å². The summed E-state index contributed by atoms with van der Waals surface area (Å²) in [6.07, 6.45) is -0.725. The minimum Gasteiger partial charge on any atom is -0.479 e. The Hall–Kier alpha value is -1.07. The van der Waals surface area contributed by atoms with Crippen LogP contribution < -0.4 is 4.90 Å². The van der Waals surface area contributed by atoms with Crippen LogP contribution in [0, 0.1) is 0 Å². The van der Waals surface area contributed by atoms with E-state index in [2.05, 4.69) is 15.9 Å². The largest absolute Gasteiger partial charge is 0.479 e. The van der Waals surface area contributed by atoms with Crippen molar-refractivity contribution in [2.45, 2.75) is 6.10 Å². The van der Waals surface area contributed by atoms with E-state index in [4.69, 9.17) is 9.84 Å². The Morgan fingerprint density at radius 1 is 1.44 bits per heavy atom. The van der Waals surface area contributed by atoms with E-state index in [0.717, 1.165) is 16.7 Å². The number of morpholine rings is 1. The zero-order valence-corrected chi connectivity index (χ0v) is 10.2. The van der Waals surface area contributed by atoms with Crippen molar-refractivity contribution in [3.05, 3.63) is 28.7 Å². The molecule has 1 N–H and O–H groups in total. The van der Waals surface area contributed by atoms with Crippen molar-refractivity contribution >= 4 is 27.6 Å². The van der Waals surface area contributed by atoms with Gasteiger partial charge in [0.15, 0.2) is 6.10 Å². The molecule has 1 aromatic rings. The molecular weight excluding hydrogens is 274 g/mol. The molecule has 1 fully saturated rings. The molecule has 2 rings (SSSR count). The molecule has 0 aromatic heterocycles. The summed E-state index contributed by atoms with van der Waals surface area (Å²) in [6.45, 7) is 1.58. The average molecular weight is 286 g/mol. The predicted molar refractivity (Wildman–Crippen MR) is 63.7 cm³/mol. The van der Waals surface area contributed by atoms with Crippen LogP contribution in [0.4, 0.5) is 5.69 Å². The molecule has 1 saturated heterocycles. The summed E-state index contributed by atoms with van der Waals surface area (Å²) in [7, 11) is 0. The van der Waals surface area contributed by atoms with Crippen molar-refractivity contribution in [2.24, 2.45) is 0 Å². The van der Waals surface area contributed by atoms with Gasteiger partial charge in [-0.25, -0.2) is 4.79 Å². The van der Waals surface area contributed by atoms with Gasteiger partial charge in [-0.15, -0.1) is 0 Å². The van der Waals surface area contributed by atoms with E-state index < -0.39 is 12.1 Å². The first-order valence-electron chi connectivity index (χ1n) is 5.02. The summed E-state index contributed by atoms with van der Waals surface area (Å²) in [5, 5.41) is 8.89. The number of halogens is 1. The van der Waals surface area contributed by atoms with E-state index in [1.807, 2.05) is 29.2 Å². The molecular formula is C11H12BrNO3. The van der Waals surface area contributed by atoms with Crippen molar-refractivity contribution < 1.29 is 14.6 Å². The van der Waals surface area contributed by atoms with E-state index in [1.165, 1.54) is 0 Å². The van der Waals surface area contributed by atoms with Crippen molar-refractivity contribution in [1.29, 1.82) is 0 Å². The number of benzene rings is 1. The molecule has 0 saturated carbocycles. The quantitative estimate of drug-likeness (QED) is 0.899. The van der Waals surface area contributed by atoms with Gasteiger partial charge in [-0.2, -0.15) is 0 Å². The molecule has 0 radical (unpaired) electrons. The highest BCUT2D eigenvalue weighted by molar-refractivity contribution is 9.10. The second kappa shape index (κ2) is 4.84. The van der Waals surface area contributed by atoms with Gasteiger partial charge >= 0.3 is 5.97 Å². The van der Waals surface area contributed by atoms with Crippen molar-refractivity contribution in [2.75, 3.05) is 24.6 Å². The van der Waals surface area contributed by atoms with Crippen molar-refractivity contribution in [1.82, 2.24) is 0 Å². The fourth-order valence-corrected chi connectivity index (χ4v) is 1.95. The van der Waals surface area contributed by atoms with Crippen LogP contribution >= 0.6 is 15.9 Å². The number of carbonyl (C=O) groups is 1. The number of ether oxygens (including phenoxy) is 1. The van der Waals surface area contributed by atoms with Gasteiger partial charge in [-0.1, -0.05) is 15.9 Å². The molecule has 1 aliphatic rings. The number of aliphatic carboxylic acids is 1. The second-order valence-electron chi connectivity index (χ2n) is 3.62. The zero-order valence-electron chi connectivity index (χ0n) is 8.60. The Morgan fingerprint density at radius 2 is 2.12 bits per heavy atom. The van der Waals surface area contributed by atoms with Crippen LogP contribution in [0.5, 0.6) is 0 Å². The number of carboxylic acids is 1. The molecule has 1 unspecified atom stereocenters. The Kier molecular flexibility index (Phi) is 3.46. The van der Waals surface area contributed by atoms with Gasteiger partial charge in [0.2, 0.25) is 0 Å². The lowest BCUT2D eigenvalue weighted by Crippen LogP contribution is -2.46. The van der Waals surface area contributed by atoms with E-state index >= 15 is 0 Å². The molecule has 16 heavy (non-hydrogen) atoms. The molecule has 1 atom stereocenters. The summed E-state index contributed by atoms with van der Waals surface area (Å²) >= 11 is 3.37. The topological polar surface area (TPSA) is 49.8 Å². The predicted octanol–water partition coefficient (Wildman–Crippen LogP) is 1.74. The van der Waals surface area contributed by atoms with Gasteiger partial charge < -0.3 is 14.7 Å².